The minimum Gasteiger partial charge on any atom is -0.676 e. The second kappa shape index (κ2) is 11.9. The standard InChI is InChI=1S/C18H24N3O2.C9H6BrN/c1-18(2,3)23-17(22)8-11-21(12-9-19)16-6-4-5-14-13-20-10-7-15(14)16;10-9-3-1-2-7-6-11-5-4-8(7)9/h4-7,10,13,19H,8-9,11-12H2,1-3H3;1-6H/q-1;. The Labute approximate surface area is 209 Å². The first-order chi connectivity index (χ1) is 16.3. The van der Waals surface area contributed by atoms with E-state index in [1.165, 1.54) is 10.8 Å². The minimum absolute atomic E-state index is 0.214. The van der Waals surface area contributed by atoms with Crippen LogP contribution in [0.15, 0.2) is 77.8 Å². The average molecular weight is 522 g/mol. The first-order valence-corrected chi connectivity index (χ1v) is 12.0. The molecule has 2 heterocycles. The van der Waals surface area contributed by atoms with Gasteiger partial charge in [0.2, 0.25) is 0 Å². The van der Waals surface area contributed by atoms with Crippen LogP contribution in [-0.4, -0.2) is 41.2 Å². The number of esters is 1. The van der Waals surface area contributed by atoms with Gasteiger partial charge in [-0.15, -0.1) is 6.54 Å². The van der Waals surface area contributed by atoms with E-state index in [1.807, 2.05) is 81.7 Å². The van der Waals surface area contributed by atoms with Crippen molar-refractivity contribution < 1.29 is 9.53 Å². The number of benzene rings is 2. The molecule has 0 amide bonds. The van der Waals surface area contributed by atoms with Crippen molar-refractivity contribution in [2.45, 2.75) is 32.8 Å². The van der Waals surface area contributed by atoms with Crippen molar-refractivity contribution in [1.29, 1.82) is 0 Å². The zero-order chi connectivity index (χ0) is 24.6. The lowest BCUT2D eigenvalue weighted by Gasteiger charge is -2.28. The molecule has 1 N–H and O–H groups in total. The number of pyridine rings is 2. The summed E-state index contributed by atoms with van der Waals surface area (Å²) in [7, 11) is 0. The number of nitrogens with zero attached hydrogens (tertiary/aromatic N) is 3. The van der Waals surface area contributed by atoms with E-state index in [4.69, 9.17) is 10.5 Å². The van der Waals surface area contributed by atoms with E-state index >= 15 is 0 Å². The Bertz CT molecular complexity index is 1230. The third-order valence-electron chi connectivity index (χ3n) is 5.01. The van der Waals surface area contributed by atoms with E-state index in [1.54, 1.807) is 12.4 Å². The van der Waals surface area contributed by atoms with Crippen molar-refractivity contribution in [3.8, 4) is 0 Å². The zero-order valence-corrected chi connectivity index (χ0v) is 21.4. The highest BCUT2D eigenvalue weighted by Gasteiger charge is 2.17. The summed E-state index contributed by atoms with van der Waals surface area (Å²) in [4.78, 5) is 22.2. The fourth-order valence-corrected chi connectivity index (χ4v) is 4.08. The van der Waals surface area contributed by atoms with E-state index in [9.17, 15) is 4.79 Å². The van der Waals surface area contributed by atoms with Crippen LogP contribution in [0.5, 0.6) is 0 Å². The largest absolute Gasteiger partial charge is 0.676 e. The molecule has 0 unspecified atom stereocenters. The fraction of sp³-hybridized carbons (Fsp3) is 0.296. The minimum atomic E-state index is -0.470. The lowest BCUT2D eigenvalue weighted by molar-refractivity contribution is -0.154. The summed E-state index contributed by atoms with van der Waals surface area (Å²) in [6.45, 7) is 6.98. The van der Waals surface area contributed by atoms with Crippen LogP contribution in [-0.2, 0) is 9.53 Å². The van der Waals surface area contributed by atoms with Gasteiger partial charge in [0.15, 0.2) is 0 Å². The van der Waals surface area contributed by atoms with Crippen molar-refractivity contribution in [3.05, 3.63) is 83.5 Å². The normalized spacial score (nSPS) is 11.1. The summed E-state index contributed by atoms with van der Waals surface area (Å²) < 4.78 is 6.49. The Kier molecular flexibility index (Phi) is 8.96. The van der Waals surface area contributed by atoms with Gasteiger partial charge in [-0.1, -0.05) is 40.2 Å². The van der Waals surface area contributed by atoms with Crippen LogP contribution in [0.2, 0.25) is 0 Å². The van der Waals surface area contributed by atoms with Crippen LogP contribution in [0.4, 0.5) is 5.69 Å². The Morgan fingerprint density at radius 2 is 1.56 bits per heavy atom. The Balaban J connectivity index is 0.000000243. The maximum absolute atomic E-state index is 12.0. The third-order valence-corrected chi connectivity index (χ3v) is 5.71. The molecular weight excluding hydrogens is 492 g/mol. The van der Waals surface area contributed by atoms with Gasteiger partial charge in [0.25, 0.3) is 0 Å². The van der Waals surface area contributed by atoms with Gasteiger partial charge in [0, 0.05) is 57.7 Å². The van der Waals surface area contributed by atoms with E-state index in [-0.39, 0.29) is 12.5 Å². The van der Waals surface area contributed by atoms with E-state index in [2.05, 4.69) is 30.8 Å². The molecule has 6 nitrogen and oxygen atoms in total. The molecular formula is C27H30BrN4O2-. The molecule has 0 bridgehead atoms. The number of hydrogen-bond acceptors (Lipinski definition) is 5. The molecule has 0 aliphatic rings. The Morgan fingerprint density at radius 3 is 2.18 bits per heavy atom. The molecule has 0 saturated heterocycles. The zero-order valence-electron chi connectivity index (χ0n) is 19.8. The summed E-state index contributed by atoms with van der Waals surface area (Å²) in [5, 5.41) is 4.52. The fourth-order valence-electron chi connectivity index (χ4n) is 3.57. The van der Waals surface area contributed by atoms with Gasteiger partial charge in [-0.3, -0.25) is 14.8 Å². The van der Waals surface area contributed by atoms with Crippen molar-refractivity contribution in [1.82, 2.24) is 9.97 Å². The molecule has 4 rings (SSSR count). The van der Waals surface area contributed by atoms with Crippen molar-refractivity contribution in [2.24, 2.45) is 0 Å². The number of carbonyl (C=O) groups is 1. The quantitative estimate of drug-likeness (QED) is 0.260. The monoisotopic (exact) mass is 521 g/mol. The predicted molar refractivity (Wildman–Crippen MR) is 143 cm³/mol. The summed E-state index contributed by atoms with van der Waals surface area (Å²) >= 11 is 3.47. The highest BCUT2D eigenvalue weighted by atomic mass is 79.9. The topological polar surface area (TPSA) is 79.1 Å². The summed E-state index contributed by atoms with van der Waals surface area (Å²) in [5.41, 5.74) is 8.11. The summed E-state index contributed by atoms with van der Waals surface area (Å²) in [6, 6.07) is 16.1. The van der Waals surface area contributed by atoms with Crippen molar-refractivity contribution in [2.75, 3.05) is 24.5 Å². The van der Waals surface area contributed by atoms with Crippen LogP contribution >= 0.6 is 15.9 Å². The van der Waals surface area contributed by atoms with Crippen molar-refractivity contribution >= 4 is 49.1 Å². The summed E-state index contributed by atoms with van der Waals surface area (Å²) in [5.74, 6) is -0.214. The smallest absolute Gasteiger partial charge is 0.308 e. The first kappa shape index (κ1) is 25.6. The van der Waals surface area contributed by atoms with Crippen LogP contribution in [0, 0.1) is 0 Å². The molecule has 0 saturated carbocycles. The Morgan fingerprint density at radius 1 is 0.941 bits per heavy atom. The molecule has 0 spiro atoms. The highest BCUT2D eigenvalue weighted by Crippen LogP contribution is 2.26. The van der Waals surface area contributed by atoms with Crippen LogP contribution in [0.3, 0.4) is 0 Å². The maximum atomic E-state index is 12.0. The number of rotatable bonds is 6. The van der Waals surface area contributed by atoms with Gasteiger partial charge >= 0.3 is 5.97 Å². The number of carbonyl (C=O) groups excluding carboxylic acids is 1. The number of fused-ring (bicyclic) bond motifs is 2. The molecule has 2 aromatic heterocycles. The second-order valence-corrected chi connectivity index (χ2v) is 9.64. The van der Waals surface area contributed by atoms with E-state index < -0.39 is 5.60 Å². The molecule has 178 valence electrons. The van der Waals surface area contributed by atoms with Gasteiger partial charge in [0.05, 0.1) is 6.42 Å². The van der Waals surface area contributed by atoms with E-state index in [0.29, 0.717) is 19.5 Å². The maximum Gasteiger partial charge on any atom is 0.308 e. The molecule has 0 aliphatic heterocycles. The van der Waals surface area contributed by atoms with Gasteiger partial charge in [-0.2, -0.15) is 0 Å². The van der Waals surface area contributed by atoms with E-state index in [0.717, 1.165) is 20.9 Å². The Hall–Kier alpha value is -3.03. The third kappa shape index (κ3) is 7.23. The number of aromatic nitrogens is 2. The highest BCUT2D eigenvalue weighted by molar-refractivity contribution is 9.10. The molecule has 0 atom stereocenters. The van der Waals surface area contributed by atoms with Gasteiger partial charge < -0.3 is 15.4 Å². The molecule has 2 aromatic carbocycles. The molecule has 0 radical (unpaired) electrons. The first-order valence-electron chi connectivity index (χ1n) is 11.2. The lowest BCUT2D eigenvalue weighted by Crippen LogP contribution is -2.31. The van der Waals surface area contributed by atoms with Gasteiger partial charge in [0.1, 0.15) is 5.60 Å². The number of halogens is 1. The molecule has 0 aliphatic carbocycles. The van der Waals surface area contributed by atoms with Crippen molar-refractivity contribution in [3.63, 3.8) is 0 Å². The number of ether oxygens (including phenoxy) is 1. The van der Waals surface area contributed by atoms with Crippen LogP contribution < -0.4 is 4.90 Å². The summed E-state index contributed by atoms with van der Waals surface area (Å²) in [6.07, 6.45) is 7.55. The van der Waals surface area contributed by atoms with Crippen LogP contribution in [0.1, 0.15) is 27.2 Å². The number of nitrogens with one attached hydrogen (secondary N) is 1. The average Bonchev–Trinajstić information content (AvgIpc) is 2.81. The number of hydrogen-bond donors (Lipinski definition) is 0. The predicted octanol–water partition coefficient (Wildman–Crippen LogP) is 6.82. The SMILES string of the molecule is Brc1cccc2cnccc12.CC(C)(C)OC(=O)CCN(CC[NH-])c1cccc2cnccc12. The van der Waals surface area contributed by atoms with Gasteiger partial charge in [-0.25, -0.2) is 0 Å². The molecule has 4 aromatic rings. The lowest BCUT2D eigenvalue weighted by atomic mass is 10.1. The van der Waals surface area contributed by atoms with Crippen LogP contribution in [0.25, 0.3) is 27.3 Å². The van der Waals surface area contributed by atoms with Gasteiger partial charge in [-0.05, 0) is 57.0 Å². The second-order valence-electron chi connectivity index (χ2n) is 8.78. The molecule has 7 heteroatoms. The molecule has 0 fully saturated rings. The number of anilines is 1. The molecule has 34 heavy (non-hydrogen) atoms.